The molecule has 0 N–H and O–H groups in total. The molecule has 0 aromatic heterocycles. The molecule has 2 rings (SSSR count). The van der Waals surface area contributed by atoms with E-state index in [9.17, 15) is 0 Å². The SMILES string of the molecule is Cc1cccc(CC(Br)c2ccc(Cl)c(Br)c2)c1. The minimum atomic E-state index is 0.299. The van der Waals surface area contributed by atoms with Gasteiger partial charge in [-0.3, -0.25) is 0 Å². The van der Waals surface area contributed by atoms with Gasteiger partial charge in [-0.05, 0) is 52.5 Å². The molecule has 0 spiro atoms. The van der Waals surface area contributed by atoms with Crippen LogP contribution in [0.5, 0.6) is 0 Å². The van der Waals surface area contributed by atoms with Crippen LogP contribution in [-0.4, -0.2) is 0 Å². The topological polar surface area (TPSA) is 0 Å². The average molecular weight is 389 g/mol. The summed E-state index contributed by atoms with van der Waals surface area (Å²) in [6.07, 6.45) is 0.968. The standard InChI is InChI=1S/C15H13Br2Cl/c1-10-3-2-4-11(7-10)8-13(16)12-5-6-15(18)14(17)9-12/h2-7,9,13H,8H2,1H3. The molecule has 0 bridgehead atoms. The van der Waals surface area contributed by atoms with Crippen LogP contribution in [0.25, 0.3) is 0 Å². The quantitative estimate of drug-likeness (QED) is 0.558. The van der Waals surface area contributed by atoms with E-state index in [4.69, 9.17) is 11.6 Å². The molecule has 2 aromatic carbocycles. The highest BCUT2D eigenvalue weighted by atomic mass is 79.9. The largest absolute Gasteiger partial charge is 0.0835 e. The Labute approximate surface area is 130 Å². The lowest BCUT2D eigenvalue weighted by Crippen LogP contribution is -1.96. The molecule has 0 fully saturated rings. The van der Waals surface area contributed by atoms with Crippen molar-refractivity contribution in [1.82, 2.24) is 0 Å². The molecule has 2 aromatic rings. The van der Waals surface area contributed by atoms with Crippen LogP contribution in [0.3, 0.4) is 0 Å². The number of alkyl halides is 1. The van der Waals surface area contributed by atoms with Gasteiger partial charge in [0.1, 0.15) is 0 Å². The highest BCUT2D eigenvalue weighted by Gasteiger charge is 2.10. The fourth-order valence-corrected chi connectivity index (χ4v) is 3.04. The molecule has 94 valence electrons. The molecule has 0 radical (unpaired) electrons. The highest BCUT2D eigenvalue weighted by molar-refractivity contribution is 9.10. The highest BCUT2D eigenvalue weighted by Crippen LogP contribution is 2.32. The molecule has 18 heavy (non-hydrogen) atoms. The number of halogens is 3. The monoisotopic (exact) mass is 386 g/mol. The third-order valence-corrected chi connectivity index (χ3v) is 4.87. The summed E-state index contributed by atoms with van der Waals surface area (Å²) in [5, 5.41) is 0.744. The first-order valence-corrected chi connectivity index (χ1v) is 7.79. The predicted octanol–water partition coefficient (Wildman–Crippen LogP) is 6.09. The lowest BCUT2D eigenvalue weighted by atomic mass is 10.0. The van der Waals surface area contributed by atoms with Crippen molar-refractivity contribution in [1.29, 1.82) is 0 Å². The van der Waals surface area contributed by atoms with Gasteiger partial charge in [0.2, 0.25) is 0 Å². The van der Waals surface area contributed by atoms with Crippen LogP contribution in [0.15, 0.2) is 46.9 Å². The van der Waals surface area contributed by atoms with Crippen molar-refractivity contribution < 1.29 is 0 Å². The normalized spacial score (nSPS) is 12.4. The summed E-state index contributed by atoms with van der Waals surface area (Å²) in [4.78, 5) is 0.299. The Hall–Kier alpha value is -0.310. The fourth-order valence-electron chi connectivity index (χ4n) is 1.87. The van der Waals surface area contributed by atoms with Gasteiger partial charge >= 0.3 is 0 Å². The summed E-state index contributed by atoms with van der Waals surface area (Å²) in [5.41, 5.74) is 3.86. The summed E-state index contributed by atoms with van der Waals surface area (Å²) >= 11 is 13.2. The average Bonchev–Trinajstić information content (AvgIpc) is 2.32. The van der Waals surface area contributed by atoms with Crippen molar-refractivity contribution in [3.63, 3.8) is 0 Å². The molecule has 0 saturated carbocycles. The van der Waals surface area contributed by atoms with Crippen molar-refractivity contribution in [2.75, 3.05) is 0 Å². The van der Waals surface area contributed by atoms with Crippen LogP contribution in [-0.2, 0) is 6.42 Å². The molecule has 0 amide bonds. The van der Waals surface area contributed by atoms with Crippen LogP contribution >= 0.6 is 43.5 Å². The van der Waals surface area contributed by atoms with Gasteiger partial charge in [0.05, 0.1) is 5.02 Å². The Balaban J connectivity index is 2.16. The van der Waals surface area contributed by atoms with Gasteiger partial charge in [-0.15, -0.1) is 0 Å². The van der Waals surface area contributed by atoms with E-state index in [1.54, 1.807) is 0 Å². The van der Waals surface area contributed by atoms with E-state index >= 15 is 0 Å². The van der Waals surface area contributed by atoms with Gasteiger partial charge in [-0.2, -0.15) is 0 Å². The van der Waals surface area contributed by atoms with Gasteiger partial charge in [0.25, 0.3) is 0 Å². The minimum absolute atomic E-state index is 0.299. The Morgan fingerprint density at radius 1 is 1.17 bits per heavy atom. The molecule has 0 aliphatic carbocycles. The van der Waals surface area contributed by atoms with Gasteiger partial charge < -0.3 is 0 Å². The van der Waals surface area contributed by atoms with Crippen LogP contribution in [0.1, 0.15) is 21.5 Å². The summed E-state index contributed by atoms with van der Waals surface area (Å²) < 4.78 is 0.940. The zero-order chi connectivity index (χ0) is 13.1. The first-order valence-electron chi connectivity index (χ1n) is 5.71. The molecule has 0 aliphatic rings. The molecule has 3 heteroatoms. The van der Waals surface area contributed by atoms with Crippen LogP contribution < -0.4 is 0 Å². The Bertz CT molecular complexity index is 552. The molecule has 1 atom stereocenters. The molecule has 1 unspecified atom stereocenters. The zero-order valence-corrected chi connectivity index (χ0v) is 13.9. The van der Waals surface area contributed by atoms with E-state index in [1.165, 1.54) is 16.7 Å². The van der Waals surface area contributed by atoms with E-state index in [0.717, 1.165) is 15.9 Å². The van der Waals surface area contributed by atoms with Crippen LogP contribution in [0, 0.1) is 6.92 Å². The molecule has 0 aliphatic heterocycles. The molecule has 0 heterocycles. The summed E-state index contributed by atoms with van der Waals surface area (Å²) in [6.45, 7) is 2.12. The summed E-state index contributed by atoms with van der Waals surface area (Å²) in [7, 11) is 0. The maximum absolute atomic E-state index is 6.00. The van der Waals surface area contributed by atoms with Gasteiger partial charge in [-0.1, -0.05) is 63.4 Å². The summed E-state index contributed by atoms with van der Waals surface area (Å²) in [5.74, 6) is 0. The number of aryl methyl sites for hydroxylation is 1. The third kappa shape index (κ3) is 3.59. The number of hydrogen-bond donors (Lipinski definition) is 0. The van der Waals surface area contributed by atoms with Gasteiger partial charge in [0.15, 0.2) is 0 Å². The third-order valence-electron chi connectivity index (χ3n) is 2.80. The maximum atomic E-state index is 6.00. The van der Waals surface area contributed by atoms with Crippen LogP contribution in [0.4, 0.5) is 0 Å². The second kappa shape index (κ2) is 6.23. The van der Waals surface area contributed by atoms with E-state index in [0.29, 0.717) is 4.83 Å². The first kappa shape index (κ1) is 14.1. The Morgan fingerprint density at radius 2 is 1.94 bits per heavy atom. The van der Waals surface area contributed by atoms with Crippen LogP contribution in [0.2, 0.25) is 5.02 Å². The lowest BCUT2D eigenvalue weighted by molar-refractivity contribution is 0.946. The van der Waals surface area contributed by atoms with Crippen molar-refractivity contribution in [3.8, 4) is 0 Å². The fraction of sp³-hybridized carbons (Fsp3) is 0.200. The second-order valence-electron chi connectivity index (χ2n) is 4.33. The minimum Gasteiger partial charge on any atom is -0.0835 e. The lowest BCUT2D eigenvalue weighted by Gasteiger charge is -2.12. The molecular formula is C15H13Br2Cl. The zero-order valence-electron chi connectivity index (χ0n) is 9.96. The number of rotatable bonds is 3. The molecule has 0 saturated heterocycles. The van der Waals surface area contributed by atoms with Gasteiger partial charge in [0, 0.05) is 9.30 Å². The first-order chi connectivity index (χ1) is 8.56. The van der Waals surface area contributed by atoms with E-state index in [2.05, 4.69) is 75.2 Å². The van der Waals surface area contributed by atoms with Gasteiger partial charge in [-0.25, -0.2) is 0 Å². The van der Waals surface area contributed by atoms with Crippen molar-refractivity contribution in [2.24, 2.45) is 0 Å². The van der Waals surface area contributed by atoms with Crippen molar-refractivity contribution in [2.45, 2.75) is 18.2 Å². The number of hydrogen-bond acceptors (Lipinski definition) is 0. The van der Waals surface area contributed by atoms with Crippen molar-refractivity contribution >= 4 is 43.5 Å². The smallest absolute Gasteiger partial charge is 0.0548 e. The second-order valence-corrected chi connectivity index (χ2v) is 6.70. The van der Waals surface area contributed by atoms with E-state index in [1.807, 2.05) is 6.07 Å². The van der Waals surface area contributed by atoms with E-state index < -0.39 is 0 Å². The Morgan fingerprint density at radius 3 is 2.61 bits per heavy atom. The Kier molecular flexibility index (Phi) is 4.88. The molecule has 0 nitrogen and oxygen atoms in total. The van der Waals surface area contributed by atoms with Crippen molar-refractivity contribution in [3.05, 3.63) is 68.7 Å². The molecular weight excluding hydrogens is 375 g/mol. The summed E-state index contributed by atoms with van der Waals surface area (Å²) in [6, 6.07) is 14.6. The van der Waals surface area contributed by atoms with E-state index in [-0.39, 0.29) is 0 Å². The predicted molar refractivity (Wildman–Crippen MR) is 85.7 cm³/mol. The number of benzene rings is 2. The maximum Gasteiger partial charge on any atom is 0.0548 e.